The van der Waals surface area contributed by atoms with Crippen LogP contribution in [-0.4, -0.2) is 39.3 Å². The first-order valence-corrected chi connectivity index (χ1v) is 8.70. The second kappa shape index (κ2) is 5.80. The number of nitrogens with zero attached hydrogens (tertiary/aromatic N) is 5. The molecular formula is C15H22N6O2S. The summed E-state index contributed by atoms with van der Waals surface area (Å²) >= 11 is 1.58. The van der Waals surface area contributed by atoms with Crippen LogP contribution in [0.15, 0.2) is 4.52 Å². The summed E-state index contributed by atoms with van der Waals surface area (Å²) in [5.41, 5.74) is -0.688. The van der Waals surface area contributed by atoms with E-state index in [0.717, 1.165) is 16.7 Å². The summed E-state index contributed by atoms with van der Waals surface area (Å²) < 4.78 is 5.12. The smallest absolute Gasteiger partial charge is 0.223 e. The van der Waals surface area contributed by atoms with Gasteiger partial charge < -0.3 is 14.7 Å². The van der Waals surface area contributed by atoms with Crippen LogP contribution in [0, 0.1) is 6.92 Å². The lowest BCUT2D eigenvalue weighted by molar-refractivity contribution is -0.120. The van der Waals surface area contributed by atoms with Gasteiger partial charge in [0.05, 0.1) is 6.54 Å². The van der Waals surface area contributed by atoms with Crippen molar-refractivity contribution in [3.05, 3.63) is 16.7 Å². The minimum absolute atomic E-state index is 0.0326. The zero-order valence-corrected chi connectivity index (χ0v) is 15.4. The van der Waals surface area contributed by atoms with Crippen molar-refractivity contribution in [2.75, 3.05) is 18.0 Å². The fourth-order valence-corrected chi connectivity index (χ4v) is 3.72. The molecule has 24 heavy (non-hydrogen) atoms. The molecule has 130 valence electrons. The number of hydrogen-bond acceptors (Lipinski definition) is 8. The van der Waals surface area contributed by atoms with Gasteiger partial charge in [0.25, 0.3) is 0 Å². The van der Waals surface area contributed by atoms with Crippen LogP contribution in [-0.2, 0) is 15.7 Å². The van der Waals surface area contributed by atoms with Gasteiger partial charge in [0.1, 0.15) is 10.5 Å². The Morgan fingerprint density at radius 1 is 1.38 bits per heavy atom. The highest BCUT2D eigenvalue weighted by Crippen LogP contribution is 2.36. The Labute approximate surface area is 144 Å². The summed E-state index contributed by atoms with van der Waals surface area (Å²) in [5, 5.41) is 17.5. The molecule has 1 atom stereocenters. The number of hydrogen-bond donors (Lipinski definition) is 1. The predicted molar refractivity (Wildman–Crippen MR) is 90.0 cm³/mol. The van der Waals surface area contributed by atoms with Gasteiger partial charge in [-0.25, -0.2) is 0 Å². The molecule has 3 heterocycles. The third-order valence-corrected chi connectivity index (χ3v) is 5.38. The number of aryl methyl sites for hydroxylation is 1. The predicted octanol–water partition coefficient (Wildman–Crippen LogP) is 1.77. The van der Waals surface area contributed by atoms with E-state index in [-0.39, 0.29) is 11.3 Å². The third-order valence-electron chi connectivity index (χ3n) is 3.97. The highest BCUT2D eigenvalue weighted by Gasteiger charge is 2.45. The van der Waals surface area contributed by atoms with Crippen molar-refractivity contribution in [1.82, 2.24) is 25.7 Å². The molecule has 1 saturated heterocycles. The van der Waals surface area contributed by atoms with Crippen molar-refractivity contribution in [3.8, 4) is 0 Å². The van der Waals surface area contributed by atoms with Crippen LogP contribution in [0.1, 0.15) is 50.8 Å². The summed E-state index contributed by atoms with van der Waals surface area (Å²) in [6.07, 6.45) is 0.690. The number of carbonyl (C=O) groups excluding carboxylic acids is 1. The van der Waals surface area contributed by atoms with E-state index in [4.69, 9.17) is 4.52 Å². The van der Waals surface area contributed by atoms with E-state index in [9.17, 15) is 4.79 Å². The molecule has 0 bridgehead atoms. The largest absolute Gasteiger partial charge is 0.344 e. The van der Waals surface area contributed by atoms with Gasteiger partial charge >= 0.3 is 0 Å². The van der Waals surface area contributed by atoms with E-state index >= 15 is 0 Å². The molecule has 1 N–H and O–H groups in total. The number of aromatic nitrogens is 4. The first-order chi connectivity index (χ1) is 11.2. The Hall–Kier alpha value is -2.03. The second-order valence-electron chi connectivity index (χ2n) is 7.21. The Morgan fingerprint density at radius 2 is 2.12 bits per heavy atom. The molecule has 2 aromatic heterocycles. The first kappa shape index (κ1) is 16.8. The minimum Gasteiger partial charge on any atom is -0.344 e. The van der Waals surface area contributed by atoms with Gasteiger partial charge in [-0.05, 0) is 6.42 Å². The van der Waals surface area contributed by atoms with Gasteiger partial charge in [0, 0.05) is 25.8 Å². The van der Waals surface area contributed by atoms with E-state index in [1.807, 2.05) is 0 Å². The van der Waals surface area contributed by atoms with E-state index in [1.54, 1.807) is 18.3 Å². The summed E-state index contributed by atoms with van der Waals surface area (Å²) in [6.45, 7) is 10.9. The van der Waals surface area contributed by atoms with Crippen molar-refractivity contribution in [3.63, 3.8) is 0 Å². The SMILES string of the molecule is CC(=O)N[C@]1(c2noc(C)n2)CCN(c2nnc(C(C)(C)C)s2)C1. The number of nitrogens with one attached hydrogen (secondary N) is 1. The minimum atomic E-state index is -0.656. The van der Waals surface area contributed by atoms with Crippen LogP contribution in [0.3, 0.4) is 0 Å². The first-order valence-electron chi connectivity index (χ1n) is 7.88. The topological polar surface area (TPSA) is 97.0 Å². The van der Waals surface area contributed by atoms with Crippen molar-refractivity contribution >= 4 is 22.4 Å². The van der Waals surface area contributed by atoms with E-state index in [0.29, 0.717) is 24.7 Å². The lowest BCUT2D eigenvalue weighted by Crippen LogP contribution is -2.48. The number of carbonyl (C=O) groups is 1. The normalized spacial score (nSPS) is 21.3. The molecule has 9 heteroatoms. The lowest BCUT2D eigenvalue weighted by Gasteiger charge is -2.26. The number of amides is 1. The molecule has 1 amide bonds. The molecular weight excluding hydrogens is 328 g/mol. The Bertz CT molecular complexity index is 749. The zero-order valence-electron chi connectivity index (χ0n) is 14.6. The van der Waals surface area contributed by atoms with E-state index < -0.39 is 5.54 Å². The number of anilines is 1. The average molecular weight is 350 g/mol. The van der Waals surface area contributed by atoms with Gasteiger partial charge in [-0.1, -0.05) is 37.3 Å². The average Bonchev–Trinajstić information content (AvgIpc) is 3.15. The molecule has 0 spiro atoms. The Balaban J connectivity index is 1.87. The molecule has 0 radical (unpaired) electrons. The highest BCUT2D eigenvalue weighted by atomic mass is 32.1. The van der Waals surface area contributed by atoms with Crippen LogP contribution in [0.5, 0.6) is 0 Å². The van der Waals surface area contributed by atoms with Crippen molar-refractivity contribution in [2.45, 2.75) is 52.0 Å². The van der Waals surface area contributed by atoms with Crippen LogP contribution in [0.2, 0.25) is 0 Å². The van der Waals surface area contributed by atoms with E-state index in [1.165, 1.54) is 6.92 Å². The van der Waals surface area contributed by atoms with Gasteiger partial charge in [0.15, 0.2) is 5.82 Å². The maximum atomic E-state index is 11.7. The standard InChI is InChI=1S/C15H22N6O2S/c1-9(22)17-15(11-16-10(2)23-20-11)6-7-21(8-15)13-19-18-12(24-13)14(3,4)5/h6-8H2,1-5H3,(H,17,22)/t15-/m1/s1. The van der Waals surface area contributed by atoms with Crippen molar-refractivity contribution in [1.29, 1.82) is 0 Å². The molecule has 1 fully saturated rings. The summed E-state index contributed by atoms with van der Waals surface area (Å²) in [4.78, 5) is 18.2. The van der Waals surface area contributed by atoms with Crippen LogP contribution in [0.4, 0.5) is 5.13 Å². The molecule has 2 aromatic rings. The molecule has 1 aliphatic heterocycles. The zero-order chi connectivity index (χ0) is 17.5. The number of rotatable bonds is 3. The van der Waals surface area contributed by atoms with E-state index in [2.05, 4.69) is 51.3 Å². The van der Waals surface area contributed by atoms with Gasteiger partial charge in [0.2, 0.25) is 16.9 Å². The summed E-state index contributed by atoms with van der Waals surface area (Å²) in [6, 6.07) is 0. The fraction of sp³-hybridized carbons (Fsp3) is 0.667. The fourth-order valence-electron chi connectivity index (χ4n) is 2.79. The summed E-state index contributed by atoms with van der Waals surface area (Å²) in [7, 11) is 0. The van der Waals surface area contributed by atoms with Crippen LogP contribution >= 0.6 is 11.3 Å². The molecule has 1 aliphatic rings. The van der Waals surface area contributed by atoms with Crippen LogP contribution in [0.25, 0.3) is 0 Å². The van der Waals surface area contributed by atoms with Crippen molar-refractivity contribution < 1.29 is 9.32 Å². The molecule has 0 aromatic carbocycles. The summed E-state index contributed by atoms with van der Waals surface area (Å²) in [5.74, 6) is 0.879. The Morgan fingerprint density at radius 3 is 2.67 bits per heavy atom. The second-order valence-corrected chi connectivity index (χ2v) is 8.17. The van der Waals surface area contributed by atoms with Crippen LogP contribution < -0.4 is 10.2 Å². The molecule has 8 nitrogen and oxygen atoms in total. The monoisotopic (exact) mass is 350 g/mol. The molecule has 0 aliphatic carbocycles. The van der Waals surface area contributed by atoms with Crippen molar-refractivity contribution in [2.24, 2.45) is 0 Å². The highest BCUT2D eigenvalue weighted by molar-refractivity contribution is 7.15. The lowest BCUT2D eigenvalue weighted by atomic mass is 9.97. The quantitative estimate of drug-likeness (QED) is 0.901. The molecule has 3 rings (SSSR count). The molecule has 0 unspecified atom stereocenters. The maximum absolute atomic E-state index is 11.7. The third kappa shape index (κ3) is 3.12. The molecule has 0 saturated carbocycles. The Kier molecular flexibility index (Phi) is 4.06. The maximum Gasteiger partial charge on any atom is 0.223 e. The van der Waals surface area contributed by atoms with Gasteiger partial charge in [-0.2, -0.15) is 4.98 Å². The van der Waals surface area contributed by atoms with Gasteiger partial charge in [-0.3, -0.25) is 4.79 Å². The van der Waals surface area contributed by atoms with Gasteiger partial charge in [-0.15, -0.1) is 10.2 Å².